The van der Waals surface area contributed by atoms with E-state index in [0.717, 1.165) is 11.1 Å². The quantitative estimate of drug-likeness (QED) is 0.832. The molecule has 1 aromatic heterocycles. The molecule has 5 nitrogen and oxygen atoms in total. The summed E-state index contributed by atoms with van der Waals surface area (Å²) in [6.07, 6.45) is 0. The van der Waals surface area contributed by atoms with Crippen molar-refractivity contribution in [3.8, 4) is 0 Å². The summed E-state index contributed by atoms with van der Waals surface area (Å²) in [6.45, 7) is 4.11. The number of nitrogen functional groups attached to an aromatic ring is 1. The summed E-state index contributed by atoms with van der Waals surface area (Å²) < 4.78 is 0. The number of hydrogen-bond acceptors (Lipinski definition) is 4. The van der Waals surface area contributed by atoms with Crippen molar-refractivity contribution in [3.63, 3.8) is 0 Å². The smallest absolute Gasteiger partial charge is 0.254 e. The van der Waals surface area contributed by atoms with Crippen LogP contribution in [0.15, 0.2) is 35.0 Å². The van der Waals surface area contributed by atoms with Crippen LogP contribution in [0.4, 0.5) is 5.69 Å². The van der Waals surface area contributed by atoms with E-state index in [9.17, 15) is 9.59 Å². The van der Waals surface area contributed by atoms with Gasteiger partial charge in [0.2, 0.25) is 0 Å². The van der Waals surface area contributed by atoms with Gasteiger partial charge in [0.15, 0.2) is 0 Å². The molecule has 128 valence electrons. The number of hydrogen-bond donors (Lipinski definition) is 1. The average molecular weight is 366 g/mol. The third-order valence-electron chi connectivity index (χ3n) is 4.11. The van der Waals surface area contributed by atoms with E-state index < -0.39 is 0 Å². The first-order valence-electron chi connectivity index (χ1n) is 7.53. The third-order valence-corrected chi connectivity index (χ3v) is 4.80. The number of nitrogens with two attached hydrogens (primary N) is 1. The molecule has 2 amide bonds. The maximum Gasteiger partial charge on any atom is 0.254 e. The maximum atomic E-state index is 12.6. The van der Waals surface area contributed by atoms with Crippen molar-refractivity contribution < 1.29 is 9.59 Å². The highest BCUT2D eigenvalue weighted by molar-refractivity contribution is 7.08. The second-order valence-corrected chi connectivity index (χ2v) is 6.45. The minimum atomic E-state index is -0.0163. The second-order valence-electron chi connectivity index (χ2n) is 5.67. The molecule has 2 aromatic rings. The zero-order valence-corrected chi connectivity index (χ0v) is 15.0. The van der Waals surface area contributed by atoms with Gasteiger partial charge in [0.25, 0.3) is 11.8 Å². The minimum absolute atomic E-state index is 0. The van der Waals surface area contributed by atoms with E-state index >= 15 is 0 Å². The van der Waals surface area contributed by atoms with Crippen LogP contribution in [0.2, 0.25) is 0 Å². The van der Waals surface area contributed by atoms with Gasteiger partial charge in [-0.3, -0.25) is 9.59 Å². The van der Waals surface area contributed by atoms with Crippen molar-refractivity contribution >= 4 is 41.2 Å². The molecule has 1 aromatic carbocycles. The Kier molecular flexibility index (Phi) is 5.85. The molecule has 1 aliphatic rings. The molecule has 1 fully saturated rings. The number of carbonyl (C=O) groups excluding carboxylic acids is 2. The Morgan fingerprint density at radius 1 is 1.04 bits per heavy atom. The Morgan fingerprint density at radius 2 is 1.67 bits per heavy atom. The largest absolute Gasteiger partial charge is 0.399 e. The van der Waals surface area contributed by atoms with Gasteiger partial charge in [-0.1, -0.05) is 6.07 Å². The lowest BCUT2D eigenvalue weighted by Crippen LogP contribution is -2.50. The maximum absolute atomic E-state index is 12.6. The topological polar surface area (TPSA) is 66.6 Å². The Balaban J connectivity index is 0.00000208. The zero-order chi connectivity index (χ0) is 16.4. The van der Waals surface area contributed by atoms with Crippen molar-refractivity contribution in [3.05, 3.63) is 51.7 Å². The van der Waals surface area contributed by atoms with Gasteiger partial charge in [-0.25, -0.2) is 0 Å². The van der Waals surface area contributed by atoms with Crippen molar-refractivity contribution in [1.82, 2.24) is 9.80 Å². The molecule has 24 heavy (non-hydrogen) atoms. The molecule has 1 saturated heterocycles. The lowest BCUT2D eigenvalue weighted by atomic mass is 10.1. The molecular weight excluding hydrogens is 346 g/mol. The van der Waals surface area contributed by atoms with Gasteiger partial charge in [0.1, 0.15) is 0 Å². The van der Waals surface area contributed by atoms with Crippen LogP contribution in [0.5, 0.6) is 0 Å². The van der Waals surface area contributed by atoms with Crippen LogP contribution >= 0.6 is 23.7 Å². The molecule has 0 atom stereocenters. The highest BCUT2D eigenvalue weighted by Crippen LogP contribution is 2.17. The van der Waals surface area contributed by atoms with E-state index in [2.05, 4.69) is 0 Å². The van der Waals surface area contributed by atoms with Crippen LogP contribution in [0.3, 0.4) is 0 Å². The van der Waals surface area contributed by atoms with Gasteiger partial charge in [0, 0.05) is 42.8 Å². The average Bonchev–Trinajstić information content (AvgIpc) is 3.10. The Morgan fingerprint density at radius 3 is 2.25 bits per heavy atom. The summed E-state index contributed by atoms with van der Waals surface area (Å²) in [5.74, 6) is 0.0240. The Hall–Kier alpha value is -2.05. The van der Waals surface area contributed by atoms with E-state index in [-0.39, 0.29) is 24.2 Å². The van der Waals surface area contributed by atoms with Gasteiger partial charge < -0.3 is 15.5 Å². The summed E-state index contributed by atoms with van der Waals surface area (Å²) in [6, 6.07) is 7.21. The summed E-state index contributed by atoms with van der Waals surface area (Å²) in [7, 11) is 0. The van der Waals surface area contributed by atoms with Crippen LogP contribution in [0.1, 0.15) is 26.3 Å². The molecule has 0 unspecified atom stereocenters. The Labute approximate surface area is 151 Å². The van der Waals surface area contributed by atoms with Crippen molar-refractivity contribution in [2.45, 2.75) is 6.92 Å². The van der Waals surface area contributed by atoms with Crippen LogP contribution < -0.4 is 5.73 Å². The minimum Gasteiger partial charge on any atom is -0.399 e. The number of nitrogens with zero attached hydrogens (tertiary/aromatic N) is 2. The highest BCUT2D eigenvalue weighted by Gasteiger charge is 2.26. The predicted octanol–water partition coefficient (Wildman–Crippen LogP) is 2.66. The monoisotopic (exact) mass is 365 g/mol. The molecule has 7 heteroatoms. The van der Waals surface area contributed by atoms with Crippen molar-refractivity contribution in [2.24, 2.45) is 0 Å². The molecular formula is C17H20ClN3O2S. The number of anilines is 1. The number of rotatable bonds is 2. The molecule has 0 spiro atoms. The van der Waals surface area contributed by atoms with Crippen LogP contribution in [-0.4, -0.2) is 47.8 Å². The number of aryl methyl sites for hydroxylation is 1. The summed E-state index contributed by atoms with van der Waals surface area (Å²) in [5.41, 5.74) is 8.66. The summed E-state index contributed by atoms with van der Waals surface area (Å²) >= 11 is 1.51. The SMILES string of the molecule is Cc1ccc(N)cc1C(=O)N1CCN(C(=O)c2ccsc2)CC1.Cl. The zero-order valence-electron chi connectivity index (χ0n) is 13.4. The highest BCUT2D eigenvalue weighted by atomic mass is 35.5. The molecule has 2 N–H and O–H groups in total. The van der Waals surface area contributed by atoms with E-state index in [1.54, 1.807) is 21.9 Å². The van der Waals surface area contributed by atoms with Crippen LogP contribution in [0, 0.1) is 6.92 Å². The molecule has 0 radical (unpaired) electrons. The first-order chi connectivity index (χ1) is 11.1. The number of halogens is 1. The van der Waals surface area contributed by atoms with E-state index in [1.807, 2.05) is 29.8 Å². The number of amides is 2. The molecule has 0 saturated carbocycles. The Bertz CT molecular complexity index is 725. The molecule has 0 bridgehead atoms. The van der Waals surface area contributed by atoms with E-state index in [1.165, 1.54) is 11.3 Å². The molecule has 3 rings (SSSR count). The number of thiophene rings is 1. The van der Waals surface area contributed by atoms with Gasteiger partial charge in [0.05, 0.1) is 5.56 Å². The van der Waals surface area contributed by atoms with Crippen molar-refractivity contribution in [2.75, 3.05) is 31.9 Å². The van der Waals surface area contributed by atoms with E-state index in [0.29, 0.717) is 37.4 Å². The van der Waals surface area contributed by atoms with Gasteiger partial charge in [-0.2, -0.15) is 11.3 Å². The first-order valence-corrected chi connectivity index (χ1v) is 8.47. The van der Waals surface area contributed by atoms with Crippen LogP contribution in [0.25, 0.3) is 0 Å². The van der Waals surface area contributed by atoms with Gasteiger partial charge in [-0.05, 0) is 36.1 Å². The summed E-state index contributed by atoms with van der Waals surface area (Å²) in [4.78, 5) is 28.6. The standard InChI is InChI=1S/C17H19N3O2S.ClH/c1-12-2-3-14(18)10-15(12)17(22)20-7-5-19(6-8-20)16(21)13-4-9-23-11-13;/h2-4,9-11H,5-8,18H2,1H3;1H. The van der Waals surface area contributed by atoms with Crippen molar-refractivity contribution in [1.29, 1.82) is 0 Å². The van der Waals surface area contributed by atoms with E-state index in [4.69, 9.17) is 5.73 Å². The lowest BCUT2D eigenvalue weighted by Gasteiger charge is -2.35. The normalized spacial score (nSPS) is 14.2. The second kappa shape index (κ2) is 7.68. The number of piperazine rings is 1. The predicted molar refractivity (Wildman–Crippen MR) is 99.0 cm³/mol. The summed E-state index contributed by atoms with van der Waals surface area (Å²) in [5, 5.41) is 3.76. The molecule has 2 heterocycles. The van der Waals surface area contributed by atoms with Gasteiger partial charge >= 0.3 is 0 Å². The van der Waals surface area contributed by atoms with Gasteiger partial charge in [-0.15, -0.1) is 12.4 Å². The lowest BCUT2D eigenvalue weighted by molar-refractivity contribution is 0.0535. The first kappa shape index (κ1) is 18.3. The van der Waals surface area contributed by atoms with Crippen LogP contribution in [-0.2, 0) is 0 Å². The fraction of sp³-hybridized carbons (Fsp3) is 0.294. The number of carbonyl (C=O) groups is 2. The fourth-order valence-corrected chi connectivity index (χ4v) is 3.35. The fourth-order valence-electron chi connectivity index (χ4n) is 2.72. The number of benzene rings is 1. The third kappa shape index (κ3) is 3.71. The molecule has 0 aliphatic carbocycles. The molecule has 1 aliphatic heterocycles.